The Balaban J connectivity index is 1.91. The molecule has 0 saturated carbocycles. The van der Waals surface area contributed by atoms with Gasteiger partial charge in [-0.05, 0) is 43.7 Å². The number of ether oxygens (including phenoxy) is 3. The van der Waals surface area contributed by atoms with Crippen LogP contribution in [0.4, 0.5) is 0 Å². The highest BCUT2D eigenvalue weighted by Crippen LogP contribution is 2.28. The van der Waals surface area contributed by atoms with Crippen molar-refractivity contribution in [2.45, 2.75) is 26.4 Å². The highest BCUT2D eigenvalue weighted by atomic mass is 16.5. The first-order chi connectivity index (χ1) is 13.0. The largest absolute Gasteiger partial charge is 0.493 e. The number of rotatable bonds is 8. The summed E-state index contributed by atoms with van der Waals surface area (Å²) < 4.78 is 16.3. The van der Waals surface area contributed by atoms with E-state index in [0.29, 0.717) is 29.4 Å². The zero-order valence-corrected chi connectivity index (χ0v) is 15.7. The summed E-state index contributed by atoms with van der Waals surface area (Å²) in [5, 5.41) is 0. The Morgan fingerprint density at radius 2 is 1.78 bits per heavy atom. The lowest BCUT2D eigenvalue weighted by atomic mass is 10.2. The molecular formula is C20H24N2O5. The Morgan fingerprint density at radius 1 is 1.04 bits per heavy atom. The quantitative estimate of drug-likeness (QED) is 0.696. The second-order valence-corrected chi connectivity index (χ2v) is 5.73. The van der Waals surface area contributed by atoms with Crippen molar-refractivity contribution in [3.63, 3.8) is 0 Å². The Bertz CT molecular complexity index is 764. The molecule has 1 atom stereocenters. The molecule has 0 aliphatic rings. The summed E-state index contributed by atoms with van der Waals surface area (Å²) in [6, 6.07) is 13.8. The van der Waals surface area contributed by atoms with Gasteiger partial charge in [0.1, 0.15) is 5.75 Å². The van der Waals surface area contributed by atoms with Gasteiger partial charge in [-0.25, -0.2) is 0 Å². The van der Waals surface area contributed by atoms with E-state index in [-0.39, 0.29) is 0 Å². The van der Waals surface area contributed by atoms with E-state index in [1.54, 1.807) is 37.3 Å². The van der Waals surface area contributed by atoms with E-state index in [9.17, 15) is 9.59 Å². The number of hydrazine groups is 1. The van der Waals surface area contributed by atoms with Crippen molar-refractivity contribution in [1.29, 1.82) is 0 Å². The van der Waals surface area contributed by atoms with Crippen molar-refractivity contribution in [3.8, 4) is 17.2 Å². The van der Waals surface area contributed by atoms with E-state index in [0.717, 1.165) is 6.42 Å². The van der Waals surface area contributed by atoms with Gasteiger partial charge in [0.25, 0.3) is 11.8 Å². The van der Waals surface area contributed by atoms with Crippen molar-refractivity contribution in [2.75, 3.05) is 13.7 Å². The SMILES string of the molecule is CCCOc1ccc(C(=O)NNC(=O)C(C)Oc2ccccc2)cc1OC. The third-order valence-electron chi connectivity index (χ3n) is 3.61. The molecule has 0 radical (unpaired) electrons. The topological polar surface area (TPSA) is 85.9 Å². The fourth-order valence-electron chi connectivity index (χ4n) is 2.19. The van der Waals surface area contributed by atoms with Crippen LogP contribution in [0.3, 0.4) is 0 Å². The lowest BCUT2D eigenvalue weighted by Gasteiger charge is -2.15. The van der Waals surface area contributed by atoms with Gasteiger partial charge in [-0.3, -0.25) is 20.4 Å². The second-order valence-electron chi connectivity index (χ2n) is 5.73. The molecule has 2 rings (SSSR count). The normalized spacial score (nSPS) is 11.2. The molecule has 2 amide bonds. The molecule has 0 spiro atoms. The summed E-state index contributed by atoms with van der Waals surface area (Å²) in [5.41, 5.74) is 5.04. The van der Waals surface area contributed by atoms with E-state index in [2.05, 4.69) is 10.9 Å². The average Bonchev–Trinajstić information content (AvgIpc) is 2.70. The van der Waals surface area contributed by atoms with Gasteiger partial charge in [0.15, 0.2) is 17.6 Å². The minimum absolute atomic E-state index is 0.327. The predicted octanol–water partition coefficient (Wildman–Crippen LogP) is 2.71. The molecule has 7 heteroatoms. The van der Waals surface area contributed by atoms with Crippen LogP contribution in [0, 0.1) is 0 Å². The first-order valence-electron chi connectivity index (χ1n) is 8.68. The number of methoxy groups -OCH3 is 1. The number of hydrogen-bond donors (Lipinski definition) is 2. The maximum Gasteiger partial charge on any atom is 0.279 e. The molecule has 0 bridgehead atoms. The van der Waals surface area contributed by atoms with Crippen LogP contribution in [0.1, 0.15) is 30.6 Å². The van der Waals surface area contributed by atoms with E-state index in [1.807, 2.05) is 25.1 Å². The van der Waals surface area contributed by atoms with Gasteiger partial charge in [0, 0.05) is 5.56 Å². The molecule has 2 aromatic carbocycles. The van der Waals surface area contributed by atoms with Gasteiger partial charge in [-0.1, -0.05) is 25.1 Å². The Hall–Kier alpha value is -3.22. The highest BCUT2D eigenvalue weighted by Gasteiger charge is 2.16. The van der Waals surface area contributed by atoms with Crippen LogP contribution in [0.15, 0.2) is 48.5 Å². The molecule has 0 aliphatic heterocycles. The number of nitrogens with one attached hydrogen (secondary N) is 2. The zero-order valence-electron chi connectivity index (χ0n) is 15.7. The van der Waals surface area contributed by atoms with E-state index in [1.165, 1.54) is 7.11 Å². The number of hydrogen-bond acceptors (Lipinski definition) is 5. The maximum atomic E-state index is 12.3. The van der Waals surface area contributed by atoms with Crippen LogP contribution in [0.25, 0.3) is 0 Å². The average molecular weight is 372 g/mol. The number of carbonyl (C=O) groups is 2. The van der Waals surface area contributed by atoms with Gasteiger partial charge >= 0.3 is 0 Å². The molecule has 27 heavy (non-hydrogen) atoms. The molecule has 0 aliphatic carbocycles. The lowest BCUT2D eigenvalue weighted by Crippen LogP contribution is -2.47. The van der Waals surface area contributed by atoms with Gasteiger partial charge in [-0.15, -0.1) is 0 Å². The minimum Gasteiger partial charge on any atom is -0.493 e. The van der Waals surface area contributed by atoms with Crippen LogP contribution in [-0.4, -0.2) is 31.6 Å². The molecule has 0 fully saturated rings. The third kappa shape index (κ3) is 5.91. The van der Waals surface area contributed by atoms with Crippen LogP contribution < -0.4 is 25.1 Å². The summed E-state index contributed by atoms with van der Waals surface area (Å²) in [6.07, 6.45) is 0.0905. The minimum atomic E-state index is -0.771. The molecule has 0 saturated heterocycles. The summed E-state index contributed by atoms with van der Waals surface area (Å²) in [7, 11) is 1.50. The smallest absolute Gasteiger partial charge is 0.279 e. The van der Waals surface area contributed by atoms with Crippen LogP contribution in [0.2, 0.25) is 0 Å². The first-order valence-corrected chi connectivity index (χ1v) is 8.68. The molecule has 0 heterocycles. The molecule has 0 aromatic heterocycles. The van der Waals surface area contributed by atoms with E-state index >= 15 is 0 Å². The van der Waals surface area contributed by atoms with Crippen molar-refractivity contribution < 1.29 is 23.8 Å². The van der Waals surface area contributed by atoms with E-state index in [4.69, 9.17) is 14.2 Å². The number of amides is 2. The van der Waals surface area contributed by atoms with Crippen molar-refractivity contribution >= 4 is 11.8 Å². The zero-order chi connectivity index (χ0) is 19.6. The van der Waals surface area contributed by atoms with E-state index < -0.39 is 17.9 Å². The summed E-state index contributed by atoms with van der Waals surface area (Å²) >= 11 is 0. The first kappa shape index (κ1) is 20.1. The van der Waals surface area contributed by atoms with Gasteiger partial charge in [-0.2, -0.15) is 0 Å². The summed E-state index contributed by atoms with van der Waals surface area (Å²) in [6.45, 7) is 4.15. The van der Waals surface area contributed by atoms with Crippen LogP contribution in [0.5, 0.6) is 17.2 Å². The third-order valence-corrected chi connectivity index (χ3v) is 3.61. The molecular weight excluding hydrogens is 348 g/mol. The Kier molecular flexibility index (Phi) is 7.49. The van der Waals surface area contributed by atoms with Gasteiger partial charge in [0.2, 0.25) is 0 Å². The molecule has 7 nitrogen and oxygen atoms in total. The maximum absolute atomic E-state index is 12.3. The molecule has 2 N–H and O–H groups in total. The van der Waals surface area contributed by atoms with Gasteiger partial charge < -0.3 is 14.2 Å². The molecule has 2 aromatic rings. The summed E-state index contributed by atoms with van der Waals surface area (Å²) in [4.78, 5) is 24.3. The molecule has 1 unspecified atom stereocenters. The predicted molar refractivity (Wildman–Crippen MR) is 101 cm³/mol. The van der Waals surface area contributed by atoms with Gasteiger partial charge in [0.05, 0.1) is 13.7 Å². The number of benzene rings is 2. The summed E-state index contributed by atoms with van der Waals surface area (Å²) in [5.74, 6) is 0.629. The standard InChI is InChI=1S/C20H24N2O5/c1-4-12-26-17-11-10-15(13-18(17)25-3)20(24)22-21-19(23)14(2)27-16-8-6-5-7-9-16/h5-11,13-14H,4,12H2,1-3H3,(H,21,23)(H,22,24). The van der Waals surface area contributed by atoms with Crippen LogP contribution >= 0.6 is 0 Å². The fraction of sp³-hybridized carbons (Fsp3) is 0.300. The second kappa shape index (κ2) is 10.1. The Morgan fingerprint density at radius 3 is 2.44 bits per heavy atom. The van der Waals surface area contributed by atoms with Crippen molar-refractivity contribution in [1.82, 2.24) is 10.9 Å². The molecule has 144 valence electrons. The van der Waals surface area contributed by atoms with Crippen molar-refractivity contribution in [3.05, 3.63) is 54.1 Å². The fourth-order valence-corrected chi connectivity index (χ4v) is 2.19. The Labute approximate surface area is 158 Å². The number of para-hydroxylation sites is 1. The number of carbonyl (C=O) groups excluding carboxylic acids is 2. The monoisotopic (exact) mass is 372 g/mol. The van der Waals surface area contributed by atoms with Crippen LogP contribution in [-0.2, 0) is 4.79 Å². The van der Waals surface area contributed by atoms with Crippen molar-refractivity contribution in [2.24, 2.45) is 0 Å². The lowest BCUT2D eigenvalue weighted by molar-refractivity contribution is -0.128. The highest BCUT2D eigenvalue weighted by molar-refractivity contribution is 5.96.